The molecule has 1 N–H and O–H groups in total. The molecule has 0 spiro atoms. The van der Waals surface area contributed by atoms with Gasteiger partial charge in [0.05, 0.1) is 13.2 Å². The number of rotatable bonds is 8. The van der Waals surface area contributed by atoms with Crippen LogP contribution in [0.15, 0.2) is 91.0 Å². The van der Waals surface area contributed by atoms with Gasteiger partial charge < -0.3 is 10.1 Å². The fraction of sp³-hybridized carbons (Fsp3) is 0.125. The summed E-state index contributed by atoms with van der Waals surface area (Å²) >= 11 is 0. The lowest BCUT2D eigenvalue weighted by Gasteiger charge is -2.10. The first kappa shape index (κ1) is 18.6. The Morgan fingerprint density at radius 2 is 1.41 bits per heavy atom. The van der Waals surface area contributed by atoms with Crippen molar-refractivity contribution in [3.63, 3.8) is 0 Å². The first-order valence-electron chi connectivity index (χ1n) is 9.05. The largest absolute Gasteiger partial charge is 0.375 e. The average Bonchev–Trinajstić information content (AvgIpc) is 2.74. The van der Waals surface area contributed by atoms with E-state index in [1.54, 1.807) is 0 Å². The summed E-state index contributed by atoms with van der Waals surface area (Å²) in [6.45, 7) is 1.47. The molecule has 0 unspecified atom stereocenters. The Balaban J connectivity index is 1.59. The standard InChI is InChI=1S/C24H23NO2/c26-24(25-16-17-27-19-21-12-6-2-7-13-21)23(22-14-8-3-9-15-22)18-20-10-4-1-5-11-20/h1-15,18H,16-17,19H2,(H,25,26)/b23-18+. The van der Waals surface area contributed by atoms with E-state index in [0.717, 1.165) is 16.7 Å². The number of benzene rings is 3. The van der Waals surface area contributed by atoms with E-state index in [-0.39, 0.29) is 5.91 Å². The van der Waals surface area contributed by atoms with Crippen molar-refractivity contribution in [1.82, 2.24) is 5.32 Å². The zero-order valence-electron chi connectivity index (χ0n) is 15.2. The Bertz CT molecular complexity index is 859. The number of nitrogens with one attached hydrogen (secondary N) is 1. The lowest BCUT2D eigenvalue weighted by atomic mass is 10.0. The van der Waals surface area contributed by atoms with Crippen LogP contribution in [0.25, 0.3) is 11.6 Å². The molecule has 0 saturated heterocycles. The van der Waals surface area contributed by atoms with Gasteiger partial charge in [0.25, 0.3) is 5.91 Å². The highest BCUT2D eigenvalue weighted by Crippen LogP contribution is 2.18. The van der Waals surface area contributed by atoms with Gasteiger partial charge in [-0.15, -0.1) is 0 Å². The summed E-state index contributed by atoms with van der Waals surface area (Å²) in [5.41, 5.74) is 3.65. The summed E-state index contributed by atoms with van der Waals surface area (Å²) in [4.78, 5) is 12.7. The van der Waals surface area contributed by atoms with Gasteiger partial charge in [-0.25, -0.2) is 0 Å². The summed E-state index contributed by atoms with van der Waals surface area (Å²) in [6.07, 6.45) is 1.91. The van der Waals surface area contributed by atoms with E-state index in [9.17, 15) is 4.79 Å². The van der Waals surface area contributed by atoms with Crippen LogP contribution >= 0.6 is 0 Å². The molecule has 3 aromatic carbocycles. The normalized spacial score (nSPS) is 11.2. The minimum absolute atomic E-state index is 0.103. The number of carbonyl (C=O) groups excluding carboxylic acids is 1. The molecule has 136 valence electrons. The second-order valence-corrected chi connectivity index (χ2v) is 6.13. The summed E-state index contributed by atoms with van der Waals surface area (Å²) in [7, 11) is 0. The molecule has 27 heavy (non-hydrogen) atoms. The Morgan fingerprint density at radius 1 is 0.815 bits per heavy atom. The summed E-state index contributed by atoms with van der Waals surface area (Å²) in [5, 5.41) is 2.96. The fourth-order valence-corrected chi connectivity index (χ4v) is 2.71. The summed E-state index contributed by atoms with van der Waals surface area (Å²) < 4.78 is 5.64. The maximum Gasteiger partial charge on any atom is 0.251 e. The van der Waals surface area contributed by atoms with Gasteiger partial charge in [0.1, 0.15) is 0 Å². The van der Waals surface area contributed by atoms with Crippen molar-refractivity contribution in [3.8, 4) is 0 Å². The van der Waals surface area contributed by atoms with E-state index in [1.165, 1.54) is 0 Å². The van der Waals surface area contributed by atoms with Crippen LogP contribution in [0.1, 0.15) is 16.7 Å². The van der Waals surface area contributed by atoms with Crippen molar-refractivity contribution in [2.24, 2.45) is 0 Å². The first-order valence-corrected chi connectivity index (χ1v) is 9.05. The maximum absolute atomic E-state index is 12.7. The predicted molar refractivity (Wildman–Crippen MR) is 110 cm³/mol. The van der Waals surface area contributed by atoms with E-state index in [1.807, 2.05) is 97.1 Å². The summed E-state index contributed by atoms with van der Waals surface area (Å²) in [6, 6.07) is 29.6. The van der Waals surface area contributed by atoms with Crippen LogP contribution < -0.4 is 5.32 Å². The van der Waals surface area contributed by atoms with E-state index >= 15 is 0 Å². The van der Waals surface area contributed by atoms with Gasteiger partial charge in [0.15, 0.2) is 0 Å². The van der Waals surface area contributed by atoms with Crippen LogP contribution in [0, 0.1) is 0 Å². The zero-order chi connectivity index (χ0) is 18.7. The van der Waals surface area contributed by atoms with Crippen molar-refractivity contribution < 1.29 is 9.53 Å². The van der Waals surface area contributed by atoms with Gasteiger partial charge in [0, 0.05) is 12.1 Å². The molecule has 0 aromatic heterocycles. The highest BCUT2D eigenvalue weighted by Gasteiger charge is 2.11. The molecule has 1 amide bonds. The Labute approximate surface area is 160 Å². The molecule has 3 rings (SSSR count). The number of hydrogen-bond donors (Lipinski definition) is 1. The molecule has 0 atom stereocenters. The third-order valence-electron chi connectivity index (χ3n) is 4.08. The Hall–Kier alpha value is -3.17. The molecule has 0 saturated carbocycles. The van der Waals surface area contributed by atoms with Gasteiger partial charge >= 0.3 is 0 Å². The maximum atomic E-state index is 12.7. The SMILES string of the molecule is O=C(NCCOCc1ccccc1)/C(=C/c1ccccc1)c1ccccc1. The molecule has 0 aliphatic carbocycles. The second kappa shape index (κ2) is 10.1. The molecule has 3 heteroatoms. The molecular weight excluding hydrogens is 334 g/mol. The van der Waals surface area contributed by atoms with Gasteiger partial charge in [0.2, 0.25) is 0 Å². The van der Waals surface area contributed by atoms with Crippen molar-refractivity contribution in [2.75, 3.05) is 13.2 Å². The van der Waals surface area contributed by atoms with E-state index in [4.69, 9.17) is 4.74 Å². The Kier molecular flexibility index (Phi) is 6.96. The van der Waals surface area contributed by atoms with Crippen molar-refractivity contribution >= 4 is 17.6 Å². The first-order chi connectivity index (χ1) is 13.3. The topological polar surface area (TPSA) is 38.3 Å². The molecule has 0 heterocycles. The van der Waals surface area contributed by atoms with Crippen LogP contribution in [-0.4, -0.2) is 19.1 Å². The highest BCUT2D eigenvalue weighted by atomic mass is 16.5. The lowest BCUT2D eigenvalue weighted by Crippen LogP contribution is -2.28. The second-order valence-electron chi connectivity index (χ2n) is 6.13. The van der Waals surface area contributed by atoms with Gasteiger partial charge in [-0.1, -0.05) is 91.0 Å². The minimum Gasteiger partial charge on any atom is -0.375 e. The van der Waals surface area contributed by atoms with Crippen LogP contribution in [0.2, 0.25) is 0 Å². The number of hydrogen-bond acceptors (Lipinski definition) is 2. The molecule has 3 nitrogen and oxygen atoms in total. The van der Waals surface area contributed by atoms with Crippen LogP contribution in [0.5, 0.6) is 0 Å². The van der Waals surface area contributed by atoms with Crippen LogP contribution in [-0.2, 0) is 16.1 Å². The van der Waals surface area contributed by atoms with E-state index in [0.29, 0.717) is 25.3 Å². The summed E-state index contributed by atoms with van der Waals surface area (Å²) in [5.74, 6) is -0.103. The zero-order valence-corrected chi connectivity index (χ0v) is 15.2. The Morgan fingerprint density at radius 3 is 2.07 bits per heavy atom. The highest BCUT2D eigenvalue weighted by molar-refractivity contribution is 6.24. The molecule has 0 aliphatic rings. The molecule has 0 radical (unpaired) electrons. The molecule has 3 aromatic rings. The fourth-order valence-electron chi connectivity index (χ4n) is 2.71. The predicted octanol–water partition coefficient (Wildman–Crippen LogP) is 4.56. The molecular formula is C24H23NO2. The van der Waals surface area contributed by atoms with E-state index < -0.39 is 0 Å². The lowest BCUT2D eigenvalue weighted by molar-refractivity contribution is -0.115. The number of carbonyl (C=O) groups is 1. The smallest absolute Gasteiger partial charge is 0.251 e. The van der Waals surface area contributed by atoms with Crippen molar-refractivity contribution in [1.29, 1.82) is 0 Å². The van der Waals surface area contributed by atoms with Gasteiger partial charge in [-0.05, 0) is 22.8 Å². The molecule has 0 fully saturated rings. The molecule has 0 aliphatic heterocycles. The van der Waals surface area contributed by atoms with Crippen LogP contribution in [0.4, 0.5) is 0 Å². The average molecular weight is 357 g/mol. The van der Waals surface area contributed by atoms with Crippen LogP contribution in [0.3, 0.4) is 0 Å². The van der Waals surface area contributed by atoms with Crippen molar-refractivity contribution in [2.45, 2.75) is 6.61 Å². The third kappa shape index (κ3) is 5.94. The van der Waals surface area contributed by atoms with E-state index in [2.05, 4.69) is 5.32 Å². The quantitative estimate of drug-likeness (QED) is 0.365. The van der Waals surface area contributed by atoms with Gasteiger partial charge in [-0.3, -0.25) is 4.79 Å². The monoisotopic (exact) mass is 357 g/mol. The minimum atomic E-state index is -0.103. The number of amides is 1. The van der Waals surface area contributed by atoms with Gasteiger partial charge in [-0.2, -0.15) is 0 Å². The third-order valence-corrected chi connectivity index (χ3v) is 4.08. The number of ether oxygens (including phenoxy) is 1. The molecule has 0 bridgehead atoms. The van der Waals surface area contributed by atoms with Crippen molar-refractivity contribution in [3.05, 3.63) is 108 Å².